The minimum Gasteiger partial charge on any atom is -0.394 e. The summed E-state index contributed by atoms with van der Waals surface area (Å²) in [7, 11) is 0. The lowest BCUT2D eigenvalue weighted by atomic mass is 9.79. The van der Waals surface area contributed by atoms with Crippen molar-refractivity contribution in [3.63, 3.8) is 0 Å². The zero-order chi connectivity index (χ0) is 10.5. The number of rotatable bonds is 3. The molecule has 3 fully saturated rings. The van der Waals surface area contributed by atoms with E-state index < -0.39 is 0 Å². The first-order chi connectivity index (χ1) is 7.27. The molecule has 0 saturated heterocycles. The molecule has 0 aromatic rings. The molecule has 2 bridgehead atoms. The molecule has 0 radical (unpaired) electrons. The SMILES string of the molecule is O=C1CCC2C3CCC(OCCO)(C3)C12. The van der Waals surface area contributed by atoms with Crippen molar-refractivity contribution in [2.24, 2.45) is 17.8 Å². The van der Waals surface area contributed by atoms with E-state index in [1.807, 2.05) is 0 Å². The molecule has 3 aliphatic carbocycles. The topological polar surface area (TPSA) is 46.5 Å². The molecule has 0 aromatic carbocycles. The van der Waals surface area contributed by atoms with Gasteiger partial charge in [0.25, 0.3) is 0 Å². The zero-order valence-electron chi connectivity index (χ0n) is 8.95. The van der Waals surface area contributed by atoms with Crippen molar-refractivity contribution < 1.29 is 14.6 Å². The number of ether oxygens (including phenoxy) is 1. The van der Waals surface area contributed by atoms with E-state index in [9.17, 15) is 4.79 Å². The second-order valence-electron chi connectivity index (χ2n) is 5.29. The second-order valence-corrected chi connectivity index (χ2v) is 5.29. The molecule has 0 aliphatic heterocycles. The van der Waals surface area contributed by atoms with Crippen molar-refractivity contribution in [2.75, 3.05) is 13.2 Å². The largest absolute Gasteiger partial charge is 0.394 e. The Morgan fingerprint density at radius 2 is 2.33 bits per heavy atom. The van der Waals surface area contributed by atoms with Gasteiger partial charge in [-0.25, -0.2) is 0 Å². The van der Waals surface area contributed by atoms with Gasteiger partial charge < -0.3 is 9.84 Å². The van der Waals surface area contributed by atoms with Gasteiger partial charge in [-0.15, -0.1) is 0 Å². The molecule has 1 N–H and O–H groups in total. The second kappa shape index (κ2) is 3.29. The van der Waals surface area contributed by atoms with Crippen LogP contribution in [-0.4, -0.2) is 29.7 Å². The van der Waals surface area contributed by atoms with Gasteiger partial charge in [0.1, 0.15) is 5.78 Å². The third-order valence-electron chi connectivity index (χ3n) is 4.70. The van der Waals surface area contributed by atoms with Gasteiger partial charge in [0, 0.05) is 12.3 Å². The van der Waals surface area contributed by atoms with Crippen LogP contribution in [0.4, 0.5) is 0 Å². The Balaban J connectivity index is 1.85. The van der Waals surface area contributed by atoms with Gasteiger partial charge in [-0.2, -0.15) is 0 Å². The molecule has 3 rings (SSSR count). The van der Waals surface area contributed by atoms with Crippen LogP contribution >= 0.6 is 0 Å². The fourth-order valence-corrected chi connectivity index (χ4v) is 4.26. The molecular formula is C12H18O3. The van der Waals surface area contributed by atoms with Crippen LogP contribution in [0.15, 0.2) is 0 Å². The van der Waals surface area contributed by atoms with Crippen molar-refractivity contribution in [3.8, 4) is 0 Å². The van der Waals surface area contributed by atoms with Crippen molar-refractivity contribution in [3.05, 3.63) is 0 Å². The highest BCUT2D eigenvalue weighted by molar-refractivity contribution is 5.85. The third-order valence-corrected chi connectivity index (χ3v) is 4.70. The quantitative estimate of drug-likeness (QED) is 0.760. The number of aliphatic hydroxyl groups excluding tert-OH is 1. The molecule has 3 saturated carbocycles. The van der Waals surface area contributed by atoms with Crippen molar-refractivity contribution in [2.45, 2.75) is 37.7 Å². The fraction of sp³-hybridized carbons (Fsp3) is 0.917. The van der Waals surface area contributed by atoms with Gasteiger partial charge in [0.2, 0.25) is 0 Å². The molecule has 0 heterocycles. The first-order valence-corrected chi connectivity index (χ1v) is 6.04. The van der Waals surface area contributed by atoms with Crippen LogP contribution in [0, 0.1) is 17.8 Å². The van der Waals surface area contributed by atoms with Crippen LogP contribution < -0.4 is 0 Å². The average molecular weight is 210 g/mol. The minimum atomic E-state index is -0.175. The molecule has 0 amide bonds. The highest BCUT2D eigenvalue weighted by atomic mass is 16.5. The number of hydrogen-bond acceptors (Lipinski definition) is 3. The van der Waals surface area contributed by atoms with Crippen molar-refractivity contribution >= 4 is 5.78 Å². The first kappa shape index (κ1) is 9.79. The summed E-state index contributed by atoms with van der Waals surface area (Å²) in [6.07, 6.45) is 5.16. The van der Waals surface area contributed by atoms with E-state index >= 15 is 0 Å². The van der Waals surface area contributed by atoms with Crippen molar-refractivity contribution in [1.82, 2.24) is 0 Å². The predicted molar refractivity (Wildman–Crippen MR) is 54.3 cm³/mol. The van der Waals surface area contributed by atoms with Gasteiger partial charge in [0.15, 0.2) is 0 Å². The van der Waals surface area contributed by atoms with Gasteiger partial charge in [0.05, 0.1) is 18.8 Å². The summed E-state index contributed by atoms with van der Waals surface area (Å²) in [5, 5.41) is 8.85. The lowest BCUT2D eigenvalue weighted by Crippen LogP contribution is -2.41. The number of aliphatic hydroxyl groups is 1. The Labute approximate surface area is 89.8 Å². The van der Waals surface area contributed by atoms with E-state index in [0.29, 0.717) is 18.3 Å². The number of ketones is 1. The maximum Gasteiger partial charge on any atom is 0.139 e. The lowest BCUT2D eigenvalue weighted by Gasteiger charge is -2.34. The first-order valence-electron chi connectivity index (χ1n) is 6.04. The summed E-state index contributed by atoms with van der Waals surface area (Å²) < 4.78 is 5.84. The van der Waals surface area contributed by atoms with E-state index in [1.165, 1.54) is 6.42 Å². The molecule has 4 unspecified atom stereocenters. The highest BCUT2D eigenvalue weighted by Gasteiger charge is 2.62. The van der Waals surface area contributed by atoms with E-state index in [4.69, 9.17) is 9.84 Å². The van der Waals surface area contributed by atoms with Crippen LogP contribution in [-0.2, 0) is 9.53 Å². The summed E-state index contributed by atoms with van der Waals surface area (Å²) in [4.78, 5) is 11.9. The molecule has 3 nitrogen and oxygen atoms in total. The maximum atomic E-state index is 11.9. The van der Waals surface area contributed by atoms with Crippen LogP contribution in [0.3, 0.4) is 0 Å². The Morgan fingerprint density at radius 3 is 3.13 bits per heavy atom. The summed E-state index contributed by atoms with van der Waals surface area (Å²) >= 11 is 0. The Hall–Kier alpha value is -0.410. The average Bonchev–Trinajstić information content (AvgIpc) is 2.87. The Kier molecular flexibility index (Phi) is 2.15. The predicted octanol–water partition coefficient (Wildman–Crippen LogP) is 1.14. The van der Waals surface area contributed by atoms with E-state index in [1.54, 1.807) is 0 Å². The number of fused-ring (bicyclic) bond motifs is 5. The third kappa shape index (κ3) is 1.23. The summed E-state index contributed by atoms with van der Waals surface area (Å²) in [5.74, 6) is 1.91. The summed E-state index contributed by atoms with van der Waals surface area (Å²) in [6.45, 7) is 0.460. The molecule has 3 heteroatoms. The molecule has 0 aromatic heterocycles. The molecule has 15 heavy (non-hydrogen) atoms. The van der Waals surface area contributed by atoms with Crippen LogP contribution in [0.2, 0.25) is 0 Å². The molecular weight excluding hydrogens is 192 g/mol. The van der Waals surface area contributed by atoms with Gasteiger partial charge in [-0.05, 0) is 37.5 Å². The number of hydrogen-bond donors (Lipinski definition) is 1. The fourth-order valence-electron chi connectivity index (χ4n) is 4.26. The van der Waals surface area contributed by atoms with E-state index in [2.05, 4.69) is 0 Å². The van der Waals surface area contributed by atoms with Crippen LogP contribution in [0.1, 0.15) is 32.1 Å². The Morgan fingerprint density at radius 1 is 1.47 bits per heavy atom. The zero-order valence-corrected chi connectivity index (χ0v) is 8.95. The highest BCUT2D eigenvalue weighted by Crippen LogP contribution is 2.61. The monoisotopic (exact) mass is 210 g/mol. The summed E-state index contributed by atoms with van der Waals surface area (Å²) in [6, 6.07) is 0. The van der Waals surface area contributed by atoms with Gasteiger partial charge >= 0.3 is 0 Å². The maximum absolute atomic E-state index is 11.9. The van der Waals surface area contributed by atoms with Gasteiger partial charge in [-0.1, -0.05) is 0 Å². The number of carbonyl (C=O) groups excluding carboxylic acids is 1. The minimum absolute atomic E-state index is 0.0675. The molecule has 0 spiro atoms. The number of carbonyl (C=O) groups is 1. The smallest absolute Gasteiger partial charge is 0.139 e. The Bertz CT molecular complexity index is 289. The number of Topliss-reactive ketones (excluding diaryl/α,β-unsaturated/α-hetero) is 1. The molecule has 84 valence electrons. The molecule has 4 atom stereocenters. The van der Waals surface area contributed by atoms with Crippen LogP contribution in [0.5, 0.6) is 0 Å². The van der Waals surface area contributed by atoms with Crippen LogP contribution in [0.25, 0.3) is 0 Å². The lowest BCUT2D eigenvalue weighted by molar-refractivity contribution is -0.136. The van der Waals surface area contributed by atoms with Crippen molar-refractivity contribution in [1.29, 1.82) is 0 Å². The summed E-state index contributed by atoms with van der Waals surface area (Å²) in [5.41, 5.74) is -0.175. The van der Waals surface area contributed by atoms with E-state index in [-0.39, 0.29) is 18.1 Å². The van der Waals surface area contributed by atoms with Gasteiger partial charge in [-0.3, -0.25) is 4.79 Å². The normalized spacial score (nSPS) is 47.5. The van der Waals surface area contributed by atoms with E-state index in [0.717, 1.165) is 31.6 Å². The standard InChI is InChI=1S/C12H18O3/c13-5-6-15-12-4-3-8(7-12)9-1-2-10(14)11(9)12/h8-9,11,13H,1-7H2. The molecule has 3 aliphatic rings.